The number of carboxylic acids is 2. The van der Waals surface area contributed by atoms with Crippen molar-refractivity contribution in [1.29, 1.82) is 0 Å². The van der Waals surface area contributed by atoms with Crippen LogP contribution in [0.1, 0.15) is 39.2 Å². The summed E-state index contributed by atoms with van der Waals surface area (Å²) in [6, 6.07) is 7.31. The van der Waals surface area contributed by atoms with Crippen molar-refractivity contribution in [2.24, 2.45) is 5.92 Å². The summed E-state index contributed by atoms with van der Waals surface area (Å²) in [4.78, 5) is 46.5. The third-order valence-electron chi connectivity index (χ3n) is 3.54. The Hall–Kier alpha value is -3.10. The Morgan fingerprint density at radius 1 is 1.00 bits per heavy atom. The Morgan fingerprint density at radius 2 is 1.61 bits per heavy atom. The van der Waals surface area contributed by atoms with Crippen molar-refractivity contribution in [3.63, 3.8) is 0 Å². The molecule has 0 aliphatic rings. The van der Waals surface area contributed by atoms with Crippen molar-refractivity contribution in [2.75, 3.05) is 0 Å². The minimum absolute atomic E-state index is 0.0953. The van der Waals surface area contributed by atoms with E-state index in [1.807, 2.05) is 0 Å². The highest BCUT2D eigenvalue weighted by atomic mass is 16.6. The molecule has 154 valence electrons. The molecule has 0 heterocycles. The van der Waals surface area contributed by atoms with E-state index >= 15 is 0 Å². The first-order valence-corrected chi connectivity index (χ1v) is 8.65. The molecule has 28 heavy (non-hydrogen) atoms. The Morgan fingerprint density at radius 3 is 2.11 bits per heavy atom. The largest absolute Gasteiger partial charge is 0.481 e. The third kappa shape index (κ3) is 8.52. The van der Waals surface area contributed by atoms with Crippen molar-refractivity contribution in [1.82, 2.24) is 5.32 Å². The summed E-state index contributed by atoms with van der Waals surface area (Å²) in [5, 5.41) is 20.7. The third-order valence-corrected chi connectivity index (χ3v) is 3.54. The molecule has 0 bridgehead atoms. The quantitative estimate of drug-likeness (QED) is 0.427. The van der Waals surface area contributed by atoms with Crippen molar-refractivity contribution in [3.05, 3.63) is 35.9 Å². The van der Waals surface area contributed by atoms with Gasteiger partial charge in [-0.25, -0.2) is 9.59 Å². The van der Waals surface area contributed by atoms with Crippen LogP contribution in [0.3, 0.4) is 0 Å². The number of nitrogens with one attached hydrogen (secondary N) is 1. The number of carboxylic acid groups (broad SMARTS) is 2. The molecule has 0 aliphatic heterocycles. The second-order valence-corrected chi connectivity index (χ2v) is 7.10. The van der Waals surface area contributed by atoms with Gasteiger partial charge in [-0.3, -0.25) is 9.59 Å². The predicted molar refractivity (Wildman–Crippen MR) is 97.4 cm³/mol. The van der Waals surface area contributed by atoms with E-state index in [0.717, 1.165) is 0 Å². The monoisotopic (exact) mass is 395 g/mol. The molecule has 2 atom stereocenters. The first-order valence-electron chi connectivity index (χ1n) is 8.65. The zero-order valence-electron chi connectivity index (χ0n) is 16.0. The average molecular weight is 395 g/mol. The lowest BCUT2D eigenvalue weighted by Crippen LogP contribution is -2.44. The molecule has 3 N–H and O–H groups in total. The van der Waals surface area contributed by atoms with Crippen LogP contribution in [0.25, 0.3) is 0 Å². The van der Waals surface area contributed by atoms with E-state index in [2.05, 4.69) is 5.32 Å². The maximum absolute atomic E-state index is 12.1. The number of ether oxygens (including phenoxy) is 2. The summed E-state index contributed by atoms with van der Waals surface area (Å²) < 4.78 is 10.00. The number of carbonyl (C=O) groups is 4. The lowest BCUT2D eigenvalue weighted by molar-refractivity contribution is -0.160. The smallest absolute Gasteiger partial charge is 0.408 e. The number of hydrogen-bond donors (Lipinski definition) is 3. The number of benzene rings is 1. The van der Waals surface area contributed by atoms with Crippen LogP contribution in [-0.4, -0.2) is 45.9 Å². The Labute approximate surface area is 162 Å². The van der Waals surface area contributed by atoms with Crippen LogP contribution in [-0.2, 0) is 30.5 Å². The fraction of sp³-hybridized carbons (Fsp3) is 0.474. The molecule has 9 nitrogen and oxygen atoms in total. The maximum Gasteiger partial charge on any atom is 0.408 e. The van der Waals surface area contributed by atoms with Crippen molar-refractivity contribution in [2.45, 2.75) is 51.9 Å². The lowest BCUT2D eigenvalue weighted by atomic mass is 10.00. The summed E-state index contributed by atoms with van der Waals surface area (Å²) in [5.74, 6) is -5.32. The average Bonchev–Trinajstić information content (AvgIpc) is 2.58. The van der Waals surface area contributed by atoms with Gasteiger partial charge in [-0.05, 0) is 39.2 Å². The molecule has 0 spiro atoms. The Kier molecular flexibility index (Phi) is 8.43. The van der Waals surface area contributed by atoms with E-state index in [1.165, 1.54) is 0 Å². The zero-order chi connectivity index (χ0) is 21.3. The van der Waals surface area contributed by atoms with E-state index < -0.39 is 41.6 Å². The Bertz CT molecular complexity index is 696. The van der Waals surface area contributed by atoms with Gasteiger partial charge in [0.25, 0.3) is 0 Å². The molecule has 1 amide bonds. The second kappa shape index (κ2) is 10.3. The minimum Gasteiger partial charge on any atom is -0.481 e. The van der Waals surface area contributed by atoms with Crippen molar-refractivity contribution in [3.8, 4) is 0 Å². The first kappa shape index (κ1) is 22.9. The standard InChI is InChI=1S/C19H25NO8/c1-19(2,3)28-18(26)20-14(16(23)24)10-9-13(15(21)22)17(25)27-11-12-7-5-4-6-8-12/h4-8,13-14H,9-11H2,1-3H3,(H,20,26)(H,21,22)(H,23,24)/t13?,14-/m1/s1. The molecule has 0 aliphatic carbocycles. The van der Waals surface area contributed by atoms with Crippen LogP contribution in [0.2, 0.25) is 0 Å². The highest BCUT2D eigenvalue weighted by Gasteiger charge is 2.31. The molecule has 1 rings (SSSR count). The fourth-order valence-corrected chi connectivity index (χ4v) is 2.21. The number of alkyl carbamates (subject to hydrolysis) is 1. The predicted octanol–water partition coefficient (Wildman–Crippen LogP) is 2.19. The summed E-state index contributed by atoms with van der Waals surface area (Å²) >= 11 is 0. The number of esters is 1. The van der Waals surface area contributed by atoms with Gasteiger partial charge < -0.3 is 25.0 Å². The van der Waals surface area contributed by atoms with Crippen LogP contribution in [0.4, 0.5) is 4.79 Å². The number of aliphatic carboxylic acids is 2. The summed E-state index contributed by atoms with van der Waals surface area (Å²) in [7, 11) is 0. The molecular formula is C19H25NO8. The van der Waals surface area contributed by atoms with Crippen LogP contribution in [0, 0.1) is 5.92 Å². The van der Waals surface area contributed by atoms with Gasteiger partial charge >= 0.3 is 24.0 Å². The fourth-order valence-electron chi connectivity index (χ4n) is 2.21. The molecule has 0 fully saturated rings. The highest BCUT2D eigenvalue weighted by molar-refractivity contribution is 5.94. The maximum atomic E-state index is 12.1. The van der Waals surface area contributed by atoms with Gasteiger partial charge in [-0.15, -0.1) is 0 Å². The van der Waals surface area contributed by atoms with Gasteiger partial charge in [0.15, 0.2) is 5.92 Å². The molecule has 9 heteroatoms. The van der Waals surface area contributed by atoms with Crippen molar-refractivity contribution < 1.29 is 38.9 Å². The molecule has 1 aromatic rings. The second-order valence-electron chi connectivity index (χ2n) is 7.10. The van der Waals surface area contributed by atoms with E-state index in [4.69, 9.17) is 9.47 Å². The van der Waals surface area contributed by atoms with Crippen LogP contribution in [0.15, 0.2) is 30.3 Å². The molecule has 1 unspecified atom stereocenters. The van der Waals surface area contributed by atoms with Crippen molar-refractivity contribution >= 4 is 24.0 Å². The van der Waals surface area contributed by atoms with Gasteiger partial charge in [-0.2, -0.15) is 0 Å². The van der Waals surface area contributed by atoms with Gasteiger partial charge in [0, 0.05) is 0 Å². The molecule has 1 aromatic carbocycles. The van der Waals surface area contributed by atoms with E-state index in [9.17, 15) is 29.4 Å². The van der Waals surface area contributed by atoms with Crippen LogP contribution < -0.4 is 5.32 Å². The molecule has 0 saturated carbocycles. The summed E-state index contributed by atoms with van der Waals surface area (Å²) in [6.45, 7) is 4.75. The molecular weight excluding hydrogens is 370 g/mol. The Balaban J connectivity index is 2.65. The summed E-state index contributed by atoms with van der Waals surface area (Å²) in [6.07, 6.45) is -1.56. The van der Waals surface area contributed by atoms with E-state index in [-0.39, 0.29) is 19.4 Å². The SMILES string of the molecule is CC(C)(C)OC(=O)N[C@H](CCC(C(=O)O)C(=O)OCc1ccccc1)C(=O)O. The topological polar surface area (TPSA) is 139 Å². The van der Waals surface area contributed by atoms with Gasteiger partial charge in [0.2, 0.25) is 0 Å². The minimum atomic E-state index is -1.55. The number of carbonyl (C=O) groups excluding carboxylic acids is 2. The molecule has 0 aromatic heterocycles. The number of hydrogen-bond acceptors (Lipinski definition) is 6. The molecule has 0 saturated heterocycles. The van der Waals surface area contributed by atoms with Gasteiger partial charge in [0.1, 0.15) is 18.2 Å². The van der Waals surface area contributed by atoms with Crippen LogP contribution in [0.5, 0.6) is 0 Å². The van der Waals surface area contributed by atoms with Gasteiger partial charge in [0.05, 0.1) is 0 Å². The summed E-state index contributed by atoms with van der Waals surface area (Å²) in [5.41, 5.74) is -0.132. The number of rotatable bonds is 9. The van der Waals surface area contributed by atoms with Gasteiger partial charge in [-0.1, -0.05) is 30.3 Å². The first-order chi connectivity index (χ1) is 13.0. The molecule has 0 radical (unpaired) electrons. The number of amides is 1. The lowest BCUT2D eigenvalue weighted by Gasteiger charge is -2.22. The van der Waals surface area contributed by atoms with E-state index in [0.29, 0.717) is 5.56 Å². The zero-order valence-corrected chi connectivity index (χ0v) is 16.0. The normalized spacial score (nSPS) is 13.1. The highest BCUT2D eigenvalue weighted by Crippen LogP contribution is 2.14. The van der Waals surface area contributed by atoms with E-state index in [1.54, 1.807) is 51.1 Å². The van der Waals surface area contributed by atoms with Crippen LogP contribution >= 0.6 is 0 Å².